The molecule has 0 saturated heterocycles. The van der Waals surface area contributed by atoms with Gasteiger partial charge < -0.3 is 14.6 Å². The Morgan fingerprint density at radius 1 is 0.388 bits per heavy atom. The number of carbonyl (C=O) groups excluding carboxylic acids is 2. The van der Waals surface area contributed by atoms with Crippen molar-refractivity contribution in [2.75, 3.05) is 13.2 Å². The second-order valence-corrected chi connectivity index (χ2v) is 15.1. The lowest BCUT2D eigenvalue weighted by Crippen LogP contribution is -2.28. The molecule has 0 radical (unpaired) electrons. The number of ether oxygens (including phenoxy) is 2. The van der Waals surface area contributed by atoms with Crippen molar-refractivity contribution in [2.24, 2.45) is 0 Å². The molecule has 0 saturated carbocycles. The summed E-state index contributed by atoms with van der Waals surface area (Å²) in [7, 11) is 0. The second kappa shape index (κ2) is 41.3. The fourth-order valence-corrected chi connectivity index (χ4v) is 6.79. The predicted octanol–water partition coefficient (Wildman–Crippen LogP) is 13.9. The minimum Gasteiger partial charge on any atom is -0.462 e. The van der Waals surface area contributed by atoms with Gasteiger partial charge in [-0.05, 0) is 12.8 Å². The van der Waals surface area contributed by atoms with Gasteiger partial charge in [0.15, 0.2) is 6.10 Å². The fourth-order valence-electron chi connectivity index (χ4n) is 6.79. The first kappa shape index (κ1) is 47.9. The van der Waals surface area contributed by atoms with Crippen molar-refractivity contribution in [3.8, 4) is 0 Å². The molecule has 0 aliphatic heterocycles. The molecular weight excluding hydrogens is 608 g/mol. The molecule has 0 bridgehead atoms. The molecule has 49 heavy (non-hydrogen) atoms. The summed E-state index contributed by atoms with van der Waals surface area (Å²) >= 11 is 0. The van der Waals surface area contributed by atoms with Gasteiger partial charge in [0.2, 0.25) is 0 Å². The maximum atomic E-state index is 12.2. The van der Waals surface area contributed by atoms with Crippen molar-refractivity contribution in [2.45, 2.75) is 258 Å². The number of aliphatic hydroxyl groups excluding tert-OH is 1. The number of esters is 2. The number of hydrogen-bond donors (Lipinski definition) is 1. The van der Waals surface area contributed by atoms with E-state index in [0.717, 1.165) is 38.5 Å². The molecule has 0 aliphatic rings. The molecule has 0 aromatic rings. The van der Waals surface area contributed by atoms with Crippen molar-refractivity contribution < 1.29 is 24.2 Å². The molecule has 0 heterocycles. The van der Waals surface area contributed by atoms with E-state index in [4.69, 9.17) is 9.47 Å². The van der Waals surface area contributed by atoms with Gasteiger partial charge in [0.1, 0.15) is 6.61 Å². The summed E-state index contributed by atoms with van der Waals surface area (Å²) in [6.07, 6.45) is 46.4. The van der Waals surface area contributed by atoms with E-state index in [1.54, 1.807) is 0 Å². The van der Waals surface area contributed by atoms with Gasteiger partial charge in [-0.25, -0.2) is 0 Å². The standard InChI is InChI=1S/C44H86O5/c1-3-5-7-9-11-13-14-15-16-17-18-19-20-21-22-23-24-25-26-27-28-29-30-31-33-35-37-39-44(47)49-42(40-45)41-48-43(46)38-36-34-32-12-10-8-6-4-2/h42,45H,3-41H2,1-2H3. The Balaban J connectivity index is 3.36. The number of hydrogen-bond acceptors (Lipinski definition) is 5. The molecule has 5 heteroatoms. The highest BCUT2D eigenvalue weighted by atomic mass is 16.6. The average Bonchev–Trinajstić information content (AvgIpc) is 3.10. The van der Waals surface area contributed by atoms with Gasteiger partial charge in [-0.15, -0.1) is 0 Å². The third kappa shape index (κ3) is 39.5. The van der Waals surface area contributed by atoms with Crippen LogP contribution in [-0.2, 0) is 19.1 Å². The zero-order valence-corrected chi connectivity index (χ0v) is 33.2. The lowest BCUT2D eigenvalue weighted by molar-refractivity contribution is -0.161. The number of aliphatic hydroxyl groups is 1. The van der Waals surface area contributed by atoms with E-state index in [-0.39, 0.29) is 25.2 Å². The Hall–Kier alpha value is -1.10. The van der Waals surface area contributed by atoms with E-state index in [1.807, 2.05) is 0 Å². The van der Waals surface area contributed by atoms with Gasteiger partial charge in [0.05, 0.1) is 6.61 Å². The number of unbranched alkanes of at least 4 members (excludes halogenated alkanes) is 33. The third-order valence-corrected chi connectivity index (χ3v) is 10.2. The first-order chi connectivity index (χ1) is 24.1. The zero-order valence-electron chi connectivity index (χ0n) is 33.2. The predicted molar refractivity (Wildman–Crippen MR) is 210 cm³/mol. The maximum absolute atomic E-state index is 12.2. The summed E-state index contributed by atoms with van der Waals surface area (Å²) in [6.45, 7) is 4.14. The first-order valence-corrected chi connectivity index (χ1v) is 22.1. The summed E-state index contributed by atoms with van der Waals surface area (Å²) in [4.78, 5) is 24.1. The SMILES string of the molecule is CCCCCCCCCCCCCCCCCCCCCCCCCCCCCC(=O)OC(CO)COC(=O)CCCCCCCCCC. The molecule has 0 aliphatic carbocycles. The van der Waals surface area contributed by atoms with Crippen molar-refractivity contribution in [3.05, 3.63) is 0 Å². The smallest absolute Gasteiger partial charge is 0.306 e. The van der Waals surface area contributed by atoms with E-state index in [0.29, 0.717) is 12.8 Å². The monoisotopic (exact) mass is 695 g/mol. The molecule has 1 N–H and O–H groups in total. The Bertz CT molecular complexity index is 666. The molecule has 292 valence electrons. The Morgan fingerprint density at radius 2 is 0.633 bits per heavy atom. The second-order valence-electron chi connectivity index (χ2n) is 15.1. The van der Waals surface area contributed by atoms with Crippen LogP contribution in [0.15, 0.2) is 0 Å². The summed E-state index contributed by atoms with van der Waals surface area (Å²) in [5.41, 5.74) is 0. The Labute approximate surface area is 306 Å². The van der Waals surface area contributed by atoms with Crippen molar-refractivity contribution in [1.29, 1.82) is 0 Å². The van der Waals surface area contributed by atoms with Gasteiger partial charge >= 0.3 is 11.9 Å². The molecule has 1 unspecified atom stereocenters. The minimum absolute atomic E-state index is 0.0579. The highest BCUT2D eigenvalue weighted by molar-refractivity contribution is 5.70. The molecule has 0 spiro atoms. The topological polar surface area (TPSA) is 72.8 Å². The van der Waals surface area contributed by atoms with E-state index in [1.165, 1.54) is 186 Å². The zero-order chi connectivity index (χ0) is 35.7. The molecule has 0 rings (SSSR count). The van der Waals surface area contributed by atoms with Crippen LogP contribution in [0.4, 0.5) is 0 Å². The van der Waals surface area contributed by atoms with Crippen LogP contribution in [0.2, 0.25) is 0 Å². The van der Waals surface area contributed by atoms with Crippen molar-refractivity contribution in [3.63, 3.8) is 0 Å². The summed E-state index contributed by atoms with van der Waals surface area (Å²) < 4.78 is 10.6. The summed E-state index contributed by atoms with van der Waals surface area (Å²) in [5.74, 6) is -0.580. The average molecular weight is 695 g/mol. The fraction of sp³-hybridized carbons (Fsp3) is 0.955. The van der Waals surface area contributed by atoms with Crippen LogP contribution < -0.4 is 0 Å². The molecule has 0 aromatic heterocycles. The van der Waals surface area contributed by atoms with E-state index >= 15 is 0 Å². The van der Waals surface area contributed by atoms with Crippen LogP contribution in [0.25, 0.3) is 0 Å². The van der Waals surface area contributed by atoms with Gasteiger partial charge in [0, 0.05) is 12.8 Å². The van der Waals surface area contributed by atoms with Crippen LogP contribution in [0.1, 0.15) is 251 Å². The minimum atomic E-state index is -0.760. The number of rotatable bonds is 41. The van der Waals surface area contributed by atoms with Crippen LogP contribution in [0.3, 0.4) is 0 Å². The molecular formula is C44H86O5. The third-order valence-electron chi connectivity index (χ3n) is 10.2. The Kier molecular flexibility index (Phi) is 40.4. The normalized spacial score (nSPS) is 12.0. The lowest BCUT2D eigenvalue weighted by atomic mass is 10.0. The van der Waals surface area contributed by atoms with Crippen LogP contribution in [0, 0.1) is 0 Å². The van der Waals surface area contributed by atoms with Crippen LogP contribution in [0.5, 0.6) is 0 Å². The van der Waals surface area contributed by atoms with E-state index < -0.39 is 6.10 Å². The van der Waals surface area contributed by atoms with Crippen LogP contribution >= 0.6 is 0 Å². The highest BCUT2D eigenvalue weighted by Crippen LogP contribution is 2.17. The molecule has 0 fully saturated rings. The highest BCUT2D eigenvalue weighted by Gasteiger charge is 2.16. The first-order valence-electron chi connectivity index (χ1n) is 22.1. The van der Waals surface area contributed by atoms with Crippen LogP contribution in [-0.4, -0.2) is 36.4 Å². The lowest BCUT2D eigenvalue weighted by Gasteiger charge is -2.15. The Morgan fingerprint density at radius 3 is 0.898 bits per heavy atom. The van der Waals surface area contributed by atoms with Crippen molar-refractivity contribution in [1.82, 2.24) is 0 Å². The number of carbonyl (C=O) groups is 2. The molecule has 5 nitrogen and oxygen atoms in total. The van der Waals surface area contributed by atoms with Gasteiger partial charge in [-0.3, -0.25) is 9.59 Å². The van der Waals surface area contributed by atoms with Crippen molar-refractivity contribution >= 4 is 11.9 Å². The largest absolute Gasteiger partial charge is 0.462 e. The van der Waals surface area contributed by atoms with Gasteiger partial charge in [0.25, 0.3) is 0 Å². The molecule has 0 aromatic carbocycles. The summed E-state index contributed by atoms with van der Waals surface area (Å²) in [5, 5.41) is 9.53. The summed E-state index contributed by atoms with van der Waals surface area (Å²) in [6, 6.07) is 0. The molecule has 0 amide bonds. The van der Waals surface area contributed by atoms with E-state index in [9.17, 15) is 14.7 Å². The van der Waals surface area contributed by atoms with Gasteiger partial charge in [-0.1, -0.05) is 226 Å². The van der Waals surface area contributed by atoms with Gasteiger partial charge in [-0.2, -0.15) is 0 Å². The maximum Gasteiger partial charge on any atom is 0.306 e. The van der Waals surface area contributed by atoms with E-state index in [2.05, 4.69) is 13.8 Å². The molecule has 1 atom stereocenters. The quantitative estimate of drug-likeness (QED) is 0.0509.